The maximum atomic E-state index is 13.0. The number of hydrogen-bond donors (Lipinski definition) is 2. The minimum absolute atomic E-state index is 0.198. The van der Waals surface area contributed by atoms with Crippen molar-refractivity contribution in [3.05, 3.63) is 69.6 Å². The summed E-state index contributed by atoms with van der Waals surface area (Å²) in [5, 5.41) is 6.78. The average molecular weight is 485 g/mol. The van der Waals surface area contributed by atoms with Crippen LogP contribution in [0.3, 0.4) is 0 Å². The van der Waals surface area contributed by atoms with Gasteiger partial charge in [0.2, 0.25) is 17.7 Å². The molecule has 1 saturated heterocycles. The number of imide groups is 1. The number of rotatable bonds is 5. The van der Waals surface area contributed by atoms with Crippen LogP contribution in [0.25, 0.3) is 10.9 Å². The fraction of sp³-hybridized carbons (Fsp3) is 0.292. The number of nitrogens with one attached hydrogen (secondary N) is 2. The third-order valence-corrected chi connectivity index (χ3v) is 6.50. The molecule has 4 rings (SSSR count). The number of benzene rings is 1. The van der Waals surface area contributed by atoms with E-state index in [0.29, 0.717) is 33.3 Å². The standard InChI is InChI=1S/C24H22Cl2N4O3/c1-24(2,19-10-18-14(12-28-19)4-3-7-27-18)23(33)29-11-13-8-16(25)21(17(26)9-13)15-5-6-20(31)30-22(15)32/h3-4,7-10,12,15H,5-6,11H2,1-2H3,(H,29,33)(H,30,31,32). The highest BCUT2D eigenvalue weighted by molar-refractivity contribution is 6.36. The van der Waals surface area contributed by atoms with E-state index in [0.717, 1.165) is 10.9 Å². The van der Waals surface area contributed by atoms with Crippen molar-refractivity contribution in [2.45, 2.75) is 44.6 Å². The van der Waals surface area contributed by atoms with Crippen LogP contribution in [-0.4, -0.2) is 27.7 Å². The van der Waals surface area contributed by atoms with Crippen molar-refractivity contribution in [1.82, 2.24) is 20.6 Å². The lowest BCUT2D eigenvalue weighted by Crippen LogP contribution is -2.40. The molecule has 0 bridgehead atoms. The zero-order valence-corrected chi connectivity index (χ0v) is 19.6. The number of piperidine rings is 1. The van der Waals surface area contributed by atoms with Gasteiger partial charge in [-0.05, 0) is 56.2 Å². The molecule has 170 valence electrons. The van der Waals surface area contributed by atoms with E-state index in [9.17, 15) is 14.4 Å². The molecule has 2 aromatic heterocycles. The lowest BCUT2D eigenvalue weighted by Gasteiger charge is -2.24. The van der Waals surface area contributed by atoms with Crippen LogP contribution in [0.15, 0.2) is 42.7 Å². The smallest absolute Gasteiger partial charge is 0.234 e. The Balaban J connectivity index is 1.49. The third-order valence-electron chi connectivity index (χ3n) is 5.87. The zero-order valence-electron chi connectivity index (χ0n) is 18.1. The predicted octanol–water partition coefficient (Wildman–Crippen LogP) is 4.05. The second-order valence-electron chi connectivity index (χ2n) is 8.55. The molecule has 3 aromatic rings. The first-order valence-corrected chi connectivity index (χ1v) is 11.2. The molecule has 1 aromatic carbocycles. The molecule has 1 atom stereocenters. The van der Waals surface area contributed by atoms with Crippen LogP contribution in [0.1, 0.15) is 49.4 Å². The Morgan fingerprint density at radius 3 is 2.61 bits per heavy atom. The fourth-order valence-corrected chi connectivity index (χ4v) is 4.66. The molecule has 2 N–H and O–H groups in total. The lowest BCUT2D eigenvalue weighted by molar-refractivity contribution is -0.134. The Hall–Kier alpha value is -3.03. The highest BCUT2D eigenvalue weighted by Gasteiger charge is 2.33. The van der Waals surface area contributed by atoms with Crippen LogP contribution in [0.2, 0.25) is 10.0 Å². The molecule has 0 spiro atoms. The van der Waals surface area contributed by atoms with E-state index in [1.807, 2.05) is 18.2 Å². The van der Waals surface area contributed by atoms with Gasteiger partial charge in [-0.25, -0.2) is 0 Å². The van der Waals surface area contributed by atoms with Gasteiger partial charge >= 0.3 is 0 Å². The summed E-state index contributed by atoms with van der Waals surface area (Å²) < 4.78 is 0. The molecule has 0 radical (unpaired) electrons. The third kappa shape index (κ3) is 4.70. The highest BCUT2D eigenvalue weighted by atomic mass is 35.5. The molecule has 1 aliphatic rings. The molecule has 1 fully saturated rings. The maximum absolute atomic E-state index is 13.0. The summed E-state index contributed by atoms with van der Waals surface area (Å²) in [5.41, 5.74) is 1.66. The number of amides is 3. The molecule has 3 amide bonds. The number of carbonyl (C=O) groups is 3. The van der Waals surface area contributed by atoms with Gasteiger partial charge in [-0.3, -0.25) is 29.7 Å². The van der Waals surface area contributed by atoms with Crippen LogP contribution in [0, 0.1) is 0 Å². The molecule has 1 aliphatic heterocycles. The van der Waals surface area contributed by atoms with Crippen molar-refractivity contribution in [3.63, 3.8) is 0 Å². The first-order chi connectivity index (χ1) is 15.7. The first-order valence-electron chi connectivity index (χ1n) is 10.5. The molecule has 1 unspecified atom stereocenters. The number of fused-ring (bicyclic) bond motifs is 1. The molecular weight excluding hydrogens is 463 g/mol. The molecule has 33 heavy (non-hydrogen) atoms. The van der Waals surface area contributed by atoms with Gasteiger partial charge in [-0.2, -0.15) is 0 Å². The van der Waals surface area contributed by atoms with Gasteiger partial charge in [-0.15, -0.1) is 0 Å². The number of nitrogens with zero attached hydrogens (tertiary/aromatic N) is 2. The monoisotopic (exact) mass is 484 g/mol. The van der Waals surface area contributed by atoms with Crippen molar-refractivity contribution in [2.24, 2.45) is 0 Å². The van der Waals surface area contributed by atoms with Crippen LogP contribution in [0.5, 0.6) is 0 Å². The van der Waals surface area contributed by atoms with Crippen LogP contribution >= 0.6 is 23.2 Å². The molecule has 3 heterocycles. The van der Waals surface area contributed by atoms with Gasteiger partial charge in [0.25, 0.3) is 0 Å². The minimum atomic E-state index is -0.897. The van der Waals surface area contributed by atoms with Crippen molar-refractivity contribution in [2.75, 3.05) is 0 Å². The fourth-order valence-electron chi connectivity index (χ4n) is 3.87. The van der Waals surface area contributed by atoms with Gasteiger partial charge in [0.05, 0.1) is 22.5 Å². The summed E-state index contributed by atoms with van der Waals surface area (Å²) in [6.07, 6.45) is 3.99. The Morgan fingerprint density at radius 1 is 1.18 bits per heavy atom. The summed E-state index contributed by atoms with van der Waals surface area (Å²) >= 11 is 12.9. The van der Waals surface area contributed by atoms with E-state index in [2.05, 4.69) is 20.6 Å². The number of pyridine rings is 2. The minimum Gasteiger partial charge on any atom is -0.351 e. The van der Waals surface area contributed by atoms with Gasteiger partial charge in [-0.1, -0.05) is 23.2 Å². The van der Waals surface area contributed by atoms with Crippen molar-refractivity contribution < 1.29 is 14.4 Å². The van der Waals surface area contributed by atoms with Gasteiger partial charge in [0.1, 0.15) is 0 Å². The van der Waals surface area contributed by atoms with Crippen molar-refractivity contribution in [1.29, 1.82) is 0 Å². The van der Waals surface area contributed by atoms with E-state index >= 15 is 0 Å². The Morgan fingerprint density at radius 2 is 1.91 bits per heavy atom. The van der Waals surface area contributed by atoms with E-state index in [-0.39, 0.29) is 24.8 Å². The molecule has 9 heteroatoms. The second kappa shape index (κ2) is 9.08. The summed E-state index contributed by atoms with van der Waals surface area (Å²) in [6.45, 7) is 3.79. The Labute approximate surface area is 200 Å². The zero-order chi connectivity index (χ0) is 23.8. The maximum Gasteiger partial charge on any atom is 0.234 e. The van der Waals surface area contributed by atoms with E-state index < -0.39 is 17.2 Å². The highest BCUT2D eigenvalue weighted by Crippen LogP contribution is 2.37. The van der Waals surface area contributed by atoms with Gasteiger partial charge in [0.15, 0.2) is 0 Å². The Kier molecular flexibility index (Phi) is 6.36. The topological polar surface area (TPSA) is 101 Å². The van der Waals surface area contributed by atoms with Crippen LogP contribution < -0.4 is 10.6 Å². The molecular formula is C24H22Cl2N4O3. The van der Waals surface area contributed by atoms with Gasteiger partial charge in [0, 0.05) is 46.4 Å². The summed E-state index contributed by atoms with van der Waals surface area (Å²) in [4.78, 5) is 45.4. The quantitative estimate of drug-likeness (QED) is 0.531. The van der Waals surface area contributed by atoms with Crippen LogP contribution in [-0.2, 0) is 26.3 Å². The number of hydrogen-bond acceptors (Lipinski definition) is 5. The Bertz CT molecular complexity index is 1250. The summed E-state index contributed by atoms with van der Waals surface area (Å²) in [6, 6.07) is 8.93. The van der Waals surface area contributed by atoms with Crippen LogP contribution in [0.4, 0.5) is 0 Å². The van der Waals surface area contributed by atoms with Gasteiger partial charge < -0.3 is 5.32 Å². The second-order valence-corrected chi connectivity index (χ2v) is 9.36. The van der Waals surface area contributed by atoms with E-state index in [4.69, 9.17) is 23.2 Å². The largest absolute Gasteiger partial charge is 0.351 e. The average Bonchev–Trinajstić information content (AvgIpc) is 2.78. The lowest BCUT2D eigenvalue weighted by atomic mass is 9.87. The molecule has 7 nitrogen and oxygen atoms in total. The van der Waals surface area contributed by atoms with Crippen molar-refractivity contribution >= 4 is 51.8 Å². The number of halogens is 2. The normalized spacial score (nSPS) is 16.5. The van der Waals surface area contributed by atoms with Crippen molar-refractivity contribution in [3.8, 4) is 0 Å². The molecule has 0 saturated carbocycles. The van der Waals surface area contributed by atoms with E-state index in [1.54, 1.807) is 38.4 Å². The summed E-state index contributed by atoms with van der Waals surface area (Å²) in [5.74, 6) is -1.51. The SMILES string of the molecule is CC(C)(C(=O)NCc1cc(Cl)c(C2CCC(=O)NC2=O)c(Cl)c1)c1cc2ncccc2cn1. The number of aromatic nitrogens is 2. The first kappa shape index (κ1) is 23.1. The van der Waals surface area contributed by atoms with E-state index in [1.165, 1.54) is 0 Å². The number of carbonyl (C=O) groups excluding carboxylic acids is 3. The predicted molar refractivity (Wildman–Crippen MR) is 126 cm³/mol. The summed E-state index contributed by atoms with van der Waals surface area (Å²) in [7, 11) is 0. The molecule has 0 aliphatic carbocycles.